The van der Waals surface area contributed by atoms with Crippen LogP contribution >= 0.6 is 24.0 Å². The van der Waals surface area contributed by atoms with Gasteiger partial charge in [0.2, 0.25) is 0 Å². The second-order valence-corrected chi connectivity index (χ2v) is 5.71. The minimum atomic E-state index is -0.235. The lowest BCUT2D eigenvalue weighted by molar-refractivity contribution is 0.0915. The molecule has 1 aliphatic heterocycles. The largest absolute Gasteiger partial charge is 0.496 e. The molecule has 7 nitrogen and oxygen atoms in total. The zero-order chi connectivity index (χ0) is 18.1. The number of amides is 1. The van der Waals surface area contributed by atoms with Gasteiger partial charge in [-0.2, -0.15) is 0 Å². The van der Waals surface area contributed by atoms with Gasteiger partial charge in [0.05, 0.1) is 13.7 Å². The van der Waals surface area contributed by atoms with Crippen LogP contribution in [0.3, 0.4) is 0 Å². The highest BCUT2D eigenvalue weighted by atomic mass is 127. The van der Waals surface area contributed by atoms with E-state index >= 15 is 0 Å². The first-order valence-corrected chi connectivity index (χ1v) is 8.68. The molecule has 0 radical (unpaired) electrons. The normalized spacial score (nSPS) is 14.5. The number of nitrogens with zero attached hydrogens (tertiary/aromatic N) is 3. The number of hydrogen-bond acceptors (Lipinski definition) is 4. The van der Waals surface area contributed by atoms with E-state index < -0.39 is 0 Å². The van der Waals surface area contributed by atoms with Crippen LogP contribution in [-0.4, -0.2) is 75.3 Å². The second kappa shape index (κ2) is 11.8. The topological polar surface area (TPSA) is 66.4 Å². The van der Waals surface area contributed by atoms with Gasteiger partial charge in [-0.1, -0.05) is 18.2 Å². The Balaban J connectivity index is 0.00000338. The van der Waals surface area contributed by atoms with E-state index in [2.05, 4.69) is 21.3 Å². The Labute approximate surface area is 172 Å². The lowest BCUT2D eigenvalue weighted by Crippen LogP contribution is -2.54. The Morgan fingerprint density at radius 2 is 1.85 bits per heavy atom. The van der Waals surface area contributed by atoms with Gasteiger partial charge in [0.25, 0.3) is 0 Å². The van der Waals surface area contributed by atoms with Crippen LogP contribution in [0.25, 0.3) is 0 Å². The molecule has 1 fully saturated rings. The molecule has 1 saturated heterocycles. The van der Waals surface area contributed by atoms with E-state index in [0.29, 0.717) is 19.7 Å². The van der Waals surface area contributed by atoms with Crippen LogP contribution in [-0.2, 0) is 11.2 Å². The number of carbonyl (C=O) groups excluding carboxylic acids is 1. The van der Waals surface area contributed by atoms with E-state index in [1.807, 2.05) is 25.1 Å². The van der Waals surface area contributed by atoms with Crippen molar-refractivity contribution in [2.45, 2.75) is 13.3 Å². The highest BCUT2D eigenvalue weighted by Gasteiger charge is 2.23. The molecular formula is C18H29IN4O3. The van der Waals surface area contributed by atoms with Crippen LogP contribution in [0.2, 0.25) is 0 Å². The molecule has 26 heavy (non-hydrogen) atoms. The number of rotatable bonds is 5. The second-order valence-electron chi connectivity index (χ2n) is 5.71. The molecule has 2 rings (SSSR count). The average Bonchev–Trinajstić information content (AvgIpc) is 2.66. The number of aliphatic imine (C=N–C) groups is 1. The molecule has 8 heteroatoms. The number of ether oxygens (including phenoxy) is 2. The third-order valence-electron chi connectivity index (χ3n) is 4.19. The van der Waals surface area contributed by atoms with Crippen LogP contribution < -0.4 is 10.1 Å². The zero-order valence-corrected chi connectivity index (χ0v) is 18.1. The van der Waals surface area contributed by atoms with Gasteiger partial charge in [0.1, 0.15) is 5.75 Å². The Kier molecular flexibility index (Phi) is 10.2. The molecular weight excluding hydrogens is 447 g/mol. The Bertz CT molecular complexity index is 590. The van der Waals surface area contributed by atoms with Crippen molar-refractivity contribution in [2.75, 3.05) is 53.5 Å². The van der Waals surface area contributed by atoms with E-state index in [1.165, 1.54) is 5.56 Å². The van der Waals surface area contributed by atoms with Crippen molar-refractivity contribution in [1.82, 2.24) is 15.1 Å². The summed E-state index contributed by atoms with van der Waals surface area (Å²) in [7, 11) is 3.47. The van der Waals surface area contributed by atoms with Gasteiger partial charge in [-0.15, -0.1) is 24.0 Å². The van der Waals surface area contributed by atoms with Gasteiger partial charge in [-0.25, -0.2) is 4.79 Å². The predicted molar refractivity (Wildman–Crippen MR) is 114 cm³/mol. The van der Waals surface area contributed by atoms with E-state index in [4.69, 9.17) is 9.47 Å². The third kappa shape index (κ3) is 6.22. The highest BCUT2D eigenvalue weighted by Crippen LogP contribution is 2.17. The van der Waals surface area contributed by atoms with Gasteiger partial charge >= 0.3 is 6.09 Å². The highest BCUT2D eigenvalue weighted by molar-refractivity contribution is 14.0. The molecule has 0 saturated carbocycles. The van der Waals surface area contributed by atoms with E-state index in [9.17, 15) is 4.79 Å². The molecule has 0 aromatic heterocycles. The number of halogens is 1. The van der Waals surface area contributed by atoms with E-state index in [0.717, 1.165) is 37.8 Å². The monoisotopic (exact) mass is 476 g/mol. The number of carbonyl (C=O) groups is 1. The van der Waals surface area contributed by atoms with Gasteiger partial charge in [-0.3, -0.25) is 4.99 Å². The lowest BCUT2D eigenvalue weighted by atomic mass is 10.1. The first-order valence-electron chi connectivity index (χ1n) is 8.68. The van der Waals surface area contributed by atoms with Gasteiger partial charge in [0.15, 0.2) is 5.96 Å². The average molecular weight is 476 g/mol. The molecule has 0 spiro atoms. The molecule has 1 heterocycles. The Morgan fingerprint density at radius 3 is 2.46 bits per heavy atom. The molecule has 1 aromatic rings. The van der Waals surface area contributed by atoms with Gasteiger partial charge in [0, 0.05) is 39.8 Å². The Morgan fingerprint density at radius 1 is 1.19 bits per heavy atom. The summed E-state index contributed by atoms with van der Waals surface area (Å²) >= 11 is 0. The van der Waals surface area contributed by atoms with Crippen molar-refractivity contribution in [3.63, 3.8) is 0 Å². The summed E-state index contributed by atoms with van der Waals surface area (Å²) in [4.78, 5) is 20.0. The number of nitrogens with one attached hydrogen (secondary N) is 1. The number of hydrogen-bond donors (Lipinski definition) is 1. The van der Waals surface area contributed by atoms with Crippen molar-refractivity contribution in [2.24, 2.45) is 4.99 Å². The van der Waals surface area contributed by atoms with Crippen molar-refractivity contribution in [3.05, 3.63) is 29.8 Å². The van der Waals surface area contributed by atoms with Crippen LogP contribution in [0.1, 0.15) is 12.5 Å². The molecule has 0 bridgehead atoms. The van der Waals surface area contributed by atoms with Gasteiger partial charge in [-0.05, 0) is 25.0 Å². The number of piperazine rings is 1. The van der Waals surface area contributed by atoms with Crippen molar-refractivity contribution in [1.29, 1.82) is 0 Å². The fourth-order valence-electron chi connectivity index (χ4n) is 2.87. The van der Waals surface area contributed by atoms with E-state index in [1.54, 1.807) is 19.1 Å². The van der Waals surface area contributed by atoms with Crippen LogP contribution in [0.5, 0.6) is 5.75 Å². The van der Waals surface area contributed by atoms with Gasteiger partial charge < -0.3 is 24.6 Å². The van der Waals surface area contributed by atoms with Crippen LogP contribution in [0, 0.1) is 0 Å². The maximum atomic E-state index is 11.8. The number of benzene rings is 1. The smallest absolute Gasteiger partial charge is 0.409 e. The molecule has 1 amide bonds. The lowest BCUT2D eigenvalue weighted by Gasteiger charge is -2.35. The summed E-state index contributed by atoms with van der Waals surface area (Å²) in [5.74, 6) is 1.76. The summed E-state index contributed by atoms with van der Waals surface area (Å²) in [6.45, 7) is 5.77. The van der Waals surface area contributed by atoms with Crippen LogP contribution in [0.15, 0.2) is 29.3 Å². The minimum Gasteiger partial charge on any atom is -0.496 e. The molecule has 0 atom stereocenters. The fraction of sp³-hybridized carbons (Fsp3) is 0.556. The summed E-state index contributed by atoms with van der Waals surface area (Å²) < 4.78 is 10.4. The number of methoxy groups -OCH3 is 1. The third-order valence-corrected chi connectivity index (χ3v) is 4.19. The molecule has 0 unspecified atom stereocenters. The van der Waals surface area contributed by atoms with Crippen molar-refractivity contribution < 1.29 is 14.3 Å². The first-order chi connectivity index (χ1) is 12.2. The standard InChI is InChI=1S/C18H28N4O3.HI/c1-4-25-18(23)22-13-11-21(12-14-22)17(19-2)20-10-9-15-7-5-6-8-16(15)24-3;/h5-8H,4,9-14H2,1-3H3,(H,19,20);1H. The summed E-state index contributed by atoms with van der Waals surface area (Å²) in [5, 5.41) is 3.39. The van der Waals surface area contributed by atoms with Crippen molar-refractivity contribution in [3.8, 4) is 5.75 Å². The maximum Gasteiger partial charge on any atom is 0.409 e. The fourth-order valence-corrected chi connectivity index (χ4v) is 2.87. The molecule has 146 valence electrons. The summed E-state index contributed by atoms with van der Waals surface area (Å²) in [6.07, 6.45) is 0.618. The summed E-state index contributed by atoms with van der Waals surface area (Å²) in [5.41, 5.74) is 1.17. The quantitative estimate of drug-likeness (QED) is 0.401. The first kappa shape index (κ1) is 22.3. The SMILES string of the molecule is CCOC(=O)N1CCN(C(=NC)NCCc2ccccc2OC)CC1.I. The maximum absolute atomic E-state index is 11.8. The van der Waals surface area contributed by atoms with Crippen LogP contribution in [0.4, 0.5) is 4.79 Å². The summed E-state index contributed by atoms with van der Waals surface area (Å²) in [6, 6.07) is 8.03. The number of guanidine groups is 1. The zero-order valence-electron chi connectivity index (χ0n) is 15.7. The molecule has 1 aromatic carbocycles. The number of para-hydroxylation sites is 1. The Hall–Kier alpha value is -1.71. The minimum absolute atomic E-state index is 0. The molecule has 1 aliphatic rings. The van der Waals surface area contributed by atoms with E-state index in [-0.39, 0.29) is 30.1 Å². The predicted octanol–water partition coefficient (Wildman–Crippen LogP) is 2.21. The van der Waals surface area contributed by atoms with Crippen molar-refractivity contribution >= 4 is 36.0 Å². The molecule has 0 aliphatic carbocycles. The molecule has 1 N–H and O–H groups in total.